The first-order chi connectivity index (χ1) is 13.9. The molecule has 2 heterocycles. The van der Waals surface area contributed by atoms with Crippen molar-refractivity contribution in [1.29, 1.82) is 0 Å². The molecule has 7 nitrogen and oxygen atoms in total. The number of nitrogens with one attached hydrogen (secondary N) is 3. The lowest BCUT2D eigenvalue weighted by Crippen LogP contribution is -2.35. The van der Waals surface area contributed by atoms with E-state index in [1.54, 1.807) is 18.5 Å². The van der Waals surface area contributed by atoms with Gasteiger partial charge in [-0.15, -0.1) is 0 Å². The second kappa shape index (κ2) is 8.89. The summed E-state index contributed by atoms with van der Waals surface area (Å²) in [5.74, 6) is 0.868. The molecule has 154 valence electrons. The first-order valence-corrected chi connectivity index (χ1v) is 9.71. The molecule has 3 rings (SSSR count). The minimum atomic E-state index is -0.396. The number of urea groups is 1. The Bertz CT molecular complexity index is 985. The van der Waals surface area contributed by atoms with Gasteiger partial charge >= 0.3 is 6.03 Å². The average molecular weight is 399 g/mol. The van der Waals surface area contributed by atoms with Gasteiger partial charge in [0.1, 0.15) is 17.2 Å². The Labute approximate surface area is 169 Å². The van der Waals surface area contributed by atoms with Crippen molar-refractivity contribution >= 4 is 28.6 Å². The minimum Gasteiger partial charge on any atom is -0.459 e. The van der Waals surface area contributed by atoms with E-state index in [0.717, 1.165) is 18.5 Å². The van der Waals surface area contributed by atoms with Gasteiger partial charge in [0, 0.05) is 17.5 Å². The second-order valence-corrected chi connectivity index (χ2v) is 7.27. The smallest absolute Gasteiger partial charge is 0.319 e. The number of nitrogens with zero attached hydrogens (tertiary/aromatic N) is 2. The highest BCUT2D eigenvalue weighted by Crippen LogP contribution is 2.33. The number of amides is 2. The Morgan fingerprint density at radius 1 is 1.24 bits per heavy atom. The number of benzene rings is 1. The Morgan fingerprint density at radius 3 is 2.62 bits per heavy atom. The van der Waals surface area contributed by atoms with Gasteiger partial charge in [-0.25, -0.2) is 19.2 Å². The molecule has 0 fully saturated rings. The molecule has 1 atom stereocenters. The largest absolute Gasteiger partial charge is 0.459 e. The van der Waals surface area contributed by atoms with Gasteiger partial charge in [-0.2, -0.15) is 0 Å². The van der Waals surface area contributed by atoms with E-state index in [1.165, 1.54) is 12.1 Å². The minimum absolute atomic E-state index is 0.0572. The lowest BCUT2D eigenvalue weighted by Gasteiger charge is -2.21. The molecule has 1 aromatic carbocycles. The van der Waals surface area contributed by atoms with Gasteiger partial charge in [0.2, 0.25) is 5.95 Å². The molecule has 0 saturated carbocycles. The molecule has 3 aromatic rings. The maximum absolute atomic E-state index is 13.6. The van der Waals surface area contributed by atoms with Crippen LogP contribution in [0.1, 0.15) is 44.6 Å². The van der Waals surface area contributed by atoms with Crippen LogP contribution < -0.4 is 16.0 Å². The third-order valence-electron chi connectivity index (χ3n) is 4.61. The number of hydrogen-bond acceptors (Lipinski definition) is 5. The molecule has 8 heteroatoms. The number of aromatic nitrogens is 2. The molecule has 0 aliphatic rings. The highest BCUT2D eigenvalue weighted by molar-refractivity contribution is 5.89. The zero-order valence-electron chi connectivity index (χ0n) is 17.0. The topological polar surface area (TPSA) is 92.1 Å². The van der Waals surface area contributed by atoms with Crippen LogP contribution in [-0.2, 0) is 0 Å². The van der Waals surface area contributed by atoms with Crippen LogP contribution in [0.5, 0.6) is 0 Å². The van der Waals surface area contributed by atoms with E-state index in [4.69, 9.17) is 4.42 Å². The van der Waals surface area contributed by atoms with Gasteiger partial charge < -0.3 is 20.4 Å². The summed E-state index contributed by atoms with van der Waals surface area (Å²) in [6, 6.07) is 3.63. The Balaban J connectivity index is 1.74. The predicted octanol–water partition coefficient (Wildman–Crippen LogP) is 5.01. The van der Waals surface area contributed by atoms with E-state index < -0.39 is 6.03 Å². The van der Waals surface area contributed by atoms with Crippen LogP contribution in [0.2, 0.25) is 0 Å². The summed E-state index contributed by atoms with van der Waals surface area (Å²) in [6.45, 7) is 8.67. The van der Waals surface area contributed by atoms with Crippen molar-refractivity contribution in [2.24, 2.45) is 5.92 Å². The molecular formula is C21H26FN5O2. The number of halogens is 1. The highest BCUT2D eigenvalue weighted by Gasteiger charge is 2.25. The number of fused-ring (bicyclic) bond motifs is 1. The van der Waals surface area contributed by atoms with Crippen molar-refractivity contribution < 1.29 is 13.6 Å². The molecule has 0 aliphatic carbocycles. The predicted molar refractivity (Wildman–Crippen MR) is 111 cm³/mol. The molecule has 29 heavy (non-hydrogen) atoms. The number of furan rings is 1. The molecule has 3 N–H and O–H groups in total. The quantitative estimate of drug-likeness (QED) is 0.519. The van der Waals surface area contributed by atoms with Crippen molar-refractivity contribution in [2.75, 3.05) is 17.2 Å². The molecule has 1 unspecified atom stereocenters. The molecule has 0 bridgehead atoms. The molecule has 0 spiro atoms. The number of hydrogen-bond donors (Lipinski definition) is 3. The summed E-state index contributed by atoms with van der Waals surface area (Å²) in [6.07, 6.45) is 4.06. The van der Waals surface area contributed by atoms with Crippen molar-refractivity contribution in [1.82, 2.24) is 15.3 Å². The van der Waals surface area contributed by atoms with Crippen molar-refractivity contribution in [3.63, 3.8) is 0 Å². The van der Waals surface area contributed by atoms with Crippen LogP contribution in [0.15, 0.2) is 35.0 Å². The van der Waals surface area contributed by atoms with Crippen LogP contribution in [0.3, 0.4) is 0 Å². The average Bonchev–Trinajstić information content (AvgIpc) is 3.01. The summed E-state index contributed by atoms with van der Waals surface area (Å²) in [5, 5.41) is 9.46. The summed E-state index contributed by atoms with van der Waals surface area (Å²) in [7, 11) is 0. The number of carbonyl (C=O) groups is 1. The normalized spacial score (nSPS) is 12.2. The van der Waals surface area contributed by atoms with Crippen LogP contribution >= 0.6 is 0 Å². The summed E-state index contributed by atoms with van der Waals surface area (Å²) >= 11 is 0. The van der Waals surface area contributed by atoms with Crippen LogP contribution in [0, 0.1) is 18.7 Å². The number of rotatable bonds is 7. The maximum atomic E-state index is 13.6. The zero-order chi connectivity index (χ0) is 21.0. The van der Waals surface area contributed by atoms with Gasteiger partial charge in [0.25, 0.3) is 0 Å². The van der Waals surface area contributed by atoms with Crippen LogP contribution in [-0.4, -0.2) is 22.5 Å². The Hall–Kier alpha value is -3.16. The van der Waals surface area contributed by atoms with Gasteiger partial charge in [-0.05, 0) is 37.5 Å². The third-order valence-corrected chi connectivity index (χ3v) is 4.61. The molecular weight excluding hydrogens is 373 g/mol. The number of aryl methyl sites for hydroxylation is 1. The standard InChI is InChI=1S/C21H26FN5O2/c1-5-8-23-20-24-10-15(11-25-20)26-21(28)27-18(12(2)3)19-13(4)16-9-14(22)6-7-17(16)29-19/h6-7,9-12,18H,5,8H2,1-4H3,(H,23,24,25)(H2,26,27,28). The van der Waals surface area contributed by atoms with Gasteiger partial charge in [-0.3, -0.25) is 0 Å². The summed E-state index contributed by atoms with van der Waals surface area (Å²) in [4.78, 5) is 20.9. The fourth-order valence-electron chi connectivity index (χ4n) is 3.07. The second-order valence-electron chi connectivity index (χ2n) is 7.27. The fraction of sp³-hybridized carbons (Fsp3) is 0.381. The van der Waals surface area contributed by atoms with E-state index >= 15 is 0 Å². The molecule has 0 aliphatic heterocycles. The Morgan fingerprint density at radius 2 is 1.97 bits per heavy atom. The fourth-order valence-corrected chi connectivity index (χ4v) is 3.07. The van der Waals surface area contributed by atoms with Gasteiger partial charge in [-0.1, -0.05) is 20.8 Å². The van der Waals surface area contributed by atoms with E-state index in [9.17, 15) is 9.18 Å². The maximum Gasteiger partial charge on any atom is 0.319 e. The molecule has 0 radical (unpaired) electrons. The Kier molecular flexibility index (Phi) is 6.31. The van der Waals surface area contributed by atoms with Crippen molar-refractivity contribution in [3.8, 4) is 0 Å². The van der Waals surface area contributed by atoms with Gasteiger partial charge in [0.15, 0.2) is 0 Å². The number of anilines is 2. The van der Waals surface area contributed by atoms with E-state index in [0.29, 0.717) is 28.4 Å². The molecule has 2 amide bonds. The molecule has 0 saturated heterocycles. The van der Waals surface area contributed by atoms with Crippen molar-refractivity contribution in [3.05, 3.63) is 47.7 Å². The monoisotopic (exact) mass is 399 g/mol. The van der Waals surface area contributed by atoms with Crippen LogP contribution in [0.25, 0.3) is 11.0 Å². The van der Waals surface area contributed by atoms with E-state index in [-0.39, 0.29) is 17.8 Å². The van der Waals surface area contributed by atoms with Gasteiger partial charge in [0.05, 0.1) is 24.1 Å². The SMILES string of the molecule is CCCNc1ncc(NC(=O)NC(c2oc3ccc(F)cc3c2C)C(C)C)cn1. The zero-order valence-corrected chi connectivity index (χ0v) is 17.0. The van der Waals surface area contributed by atoms with E-state index in [1.807, 2.05) is 20.8 Å². The third kappa shape index (κ3) is 4.82. The molecule has 2 aromatic heterocycles. The number of carbonyl (C=O) groups excluding carboxylic acids is 1. The first kappa shape index (κ1) is 20.6. The lowest BCUT2D eigenvalue weighted by atomic mass is 9.98. The van der Waals surface area contributed by atoms with Crippen molar-refractivity contribution in [2.45, 2.75) is 40.2 Å². The first-order valence-electron chi connectivity index (χ1n) is 9.71. The summed E-state index contributed by atoms with van der Waals surface area (Å²) < 4.78 is 19.5. The highest BCUT2D eigenvalue weighted by atomic mass is 19.1. The van der Waals surface area contributed by atoms with E-state index in [2.05, 4.69) is 32.8 Å². The lowest BCUT2D eigenvalue weighted by molar-refractivity contribution is 0.241. The van der Waals surface area contributed by atoms with Crippen LogP contribution in [0.4, 0.5) is 20.8 Å². The summed E-state index contributed by atoms with van der Waals surface area (Å²) in [5.41, 5.74) is 1.89.